The van der Waals surface area contributed by atoms with Gasteiger partial charge in [-0.05, 0) is 19.4 Å². The van der Waals surface area contributed by atoms with Crippen molar-refractivity contribution in [2.24, 2.45) is 0 Å². The van der Waals surface area contributed by atoms with E-state index in [1.807, 2.05) is 47.2 Å². The van der Waals surface area contributed by atoms with Crippen LogP contribution in [0.3, 0.4) is 0 Å². The van der Waals surface area contributed by atoms with Gasteiger partial charge in [-0.15, -0.1) is 0 Å². The summed E-state index contributed by atoms with van der Waals surface area (Å²) in [5.74, 6) is -0.206. The predicted octanol–water partition coefficient (Wildman–Crippen LogP) is 4.39. The second-order valence-electron chi connectivity index (χ2n) is 7.97. The molecule has 3 heterocycles. The first kappa shape index (κ1) is 20.6. The molecule has 2 aromatic carbocycles. The first-order valence-electron chi connectivity index (χ1n) is 10.9. The molecule has 5 rings (SSSR count). The maximum atomic E-state index is 12.8. The first-order valence-corrected chi connectivity index (χ1v) is 10.9. The van der Waals surface area contributed by atoms with Crippen molar-refractivity contribution >= 4 is 11.6 Å². The highest BCUT2D eigenvalue weighted by molar-refractivity contribution is 5.93. The zero-order valence-electron chi connectivity index (χ0n) is 18.3. The molecule has 1 N–H and O–H groups in total. The number of hydrogen-bond acceptors (Lipinski definition) is 4. The molecule has 0 radical (unpaired) electrons. The SMILES string of the molecule is Cc1ccc(-c2cc(-c3ccccc3)nc3cc(C(=O)NCCCn4ccnc4)nn23)cc1. The molecule has 0 fully saturated rings. The van der Waals surface area contributed by atoms with Gasteiger partial charge in [0.15, 0.2) is 11.3 Å². The fraction of sp³-hybridized carbons (Fsp3) is 0.154. The molecule has 0 saturated carbocycles. The van der Waals surface area contributed by atoms with Crippen molar-refractivity contribution in [1.29, 1.82) is 0 Å². The van der Waals surface area contributed by atoms with Gasteiger partial charge >= 0.3 is 0 Å². The van der Waals surface area contributed by atoms with Crippen LogP contribution in [0.1, 0.15) is 22.5 Å². The van der Waals surface area contributed by atoms with Gasteiger partial charge in [0.25, 0.3) is 5.91 Å². The number of fused-ring (bicyclic) bond motifs is 1. The van der Waals surface area contributed by atoms with Gasteiger partial charge in [0.05, 0.1) is 17.7 Å². The highest BCUT2D eigenvalue weighted by Crippen LogP contribution is 2.27. The van der Waals surface area contributed by atoms with Crippen molar-refractivity contribution in [3.05, 3.63) is 96.7 Å². The monoisotopic (exact) mass is 436 g/mol. The van der Waals surface area contributed by atoms with Gasteiger partial charge in [0.1, 0.15) is 0 Å². The molecule has 1 amide bonds. The van der Waals surface area contributed by atoms with Gasteiger partial charge in [-0.25, -0.2) is 14.5 Å². The minimum absolute atomic E-state index is 0.206. The molecule has 0 bridgehead atoms. The van der Waals surface area contributed by atoms with Crippen molar-refractivity contribution in [3.8, 4) is 22.5 Å². The van der Waals surface area contributed by atoms with E-state index < -0.39 is 0 Å². The standard InChI is InChI=1S/C26H24N6O/c1-19-8-10-21(11-9-19)24-16-22(20-6-3-2-4-7-20)29-25-17-23(30-32(24)25)26(33)28-12-5-14-31-15-13-27-18-31/h2-4,6-11,13,15-18H,5,12,14H2,1H3,(H,28,33). The third-order valence-corrected chi connectivity index (χ3v) is 5.51. The summed E-state index contributed by atoms with van der Waals surface area (Å²) >= 11 is 0. The zero-order valence-corrected chi connectivity index (χ0v) is 18.3. The number of amides is 1. The van der Waals surface area contributed by atoms with Crippen LogP contribution in [0.5, 0.6) is 0 Å². The summed E-state index contributed by atoms with van der Waals surface area (Å²) in [5, 5.41) is 7.56. The molecule has 3 aromatic heterocycles. The van der Waals surface area contributed by atoms with E-state index in [9.17, 15) is 4.79 Å². The zero-order chi connectivity index (χ0) is 22.6. The Labute approximate surface area is 191 Å². The summed E-state index contributed by atoms with van der Waals surface area (Å²) in [7, 11) is 0. The summed E-state index contributed by atoms with van der Waals surface area (Å²) in [4.78, 5) is 21.6. The summed E-state index contributed by atoms with van der Waals surface area (Å²) in [6, 6.07) is 22.1. The van der Waals surface area contributed by atoms with Crippen LogP contribution in [0.25, 0.3) is 28.2 Å². The van der Waals surface area contributed by atoms with Gasteiger partial charge in [-0.1, -0.05) is 60.2 Å². The Morgan fingerprint density at radius 2 is 1.82 bits per heavy atom. The Morgan fingerprint density at radius 1 is 1.00 bits per heavy atom. The van der Waals surface area contributed by atoms with E-state index in [1.54, 1.807) is 23.1 Å². The lowest BCUT2D eigenvalue weighted by molar-refractivity contribution is 0.0947. The minimum atomic E-state index is -0.206. The van der Waals surface area contributed by atoms with E-state index >= 15 is 0 Å². The molecule has 33 heavy (non-hydrogen) atoms. The third-order valence-electron chi connectivity index (χ3n) is 5.51. The predicted molar refractivity (Wildman–Crippen MR) is 128 cm³/mol. The number of benzene rings is 2. The molecule has 0 saturated heterocycles. The molecule has 7 nitrogen and oxygen atoms in total. The number of nitrogens with zero attached hydrogens (tertiary/aromatic N) is 5. The number of imidazole rings is 1. The number of nitrogens with one attached hydrogen (secondary N) is 1. The smallest absolute Gasteiger partial charge is 0.271 e. The summed E-state index contributed by atoms with van der Waals surface area (Å²) < 4.78 is 3.73. The van der Waals surface area contributed by atoms with Crippen LogP contribution in [0.4, 0.5) is 0 Å². The van der Waals surface area contributed by atoms with Gasteiger partial charge in [-0.2, -0.15) is 5.10 Å². The molecule has 0 aliphatic carbocycles. The molecule has 7 heteroatoms. The van der Waals surface area contributed by atoms with E-state index in [-0.39, 0.29) is 5.91 Å². The van der Waals surface area contributed by atoms with Gasteiger partial charge in [0, 0.05) is 42.7 Å². The largest absolute Gasteiger partial charge is 0.351 e. The average molecular weight is 437 g/mol. The number of carbonyl (C=O) groups excluding carboxylic acids is 1. The molecule has 0 unspecified atom stereocenters. The van der Waals surface area contributed by atoms with E-state index in [0.717, 1.165) is 35.5 Å². The molecular formula is C26H24N6O. The number of hydrogen-bond donors (Lipinski definition) is 1. The van der Waals surface area contributed by atoms with Crippen LogP contribution >= 0.6 is 0 Å². The van der Waals surface area contributed by atoms with Crippen LogP contribution in [-0.2, 0) is 6.54 Å². The molecule has 0 aliphatic rings. The van der Waals surface area contributed by atoms with Crippen molar-refractivity contribution in [2.45, 2.75) is 19.9 Å². The maximum absolute atomic E-state index is 12.8. The second kappa shape index (κ2) is 9.08. The number of carbonyl (C=O) groups is 1. The van der Waals surface area contributed by atoms with Crippen LogP contribution < -0.4 is 5.32 Å². The highest BCUT2D eigenvalue weighted by atomic mass is 16.1. The van der Waals surface area contributed by atoms with E-state index in [4.69, 9.17) is 4.98 Å². The Bertz CT molecular complexity index is 1370. The van der Waals surface area contributed by atoms with Crippen molar-refractivity contribution in [1.82, 2.24) is 29.5 Å². The lowest BCUT2D eigenvalue weighted by Crippen LogP contribution is -2.25. The average Bonchev–Trinajstić information content (AvgIpc) is 3.52. The molecule has 0 aliphatic heterocycles. The number of aromatic nitrogens is 5. The molecule has 164 valence electrons. The quantitative estimate of drug-likeness (QED) is 0.384. The fourth-order valence-corrected chi connectivity index (χ4v) is 3.75. The van der Waals surface area contributed by atoms with E-state index in [0.29, 0.717) is 17.9 Å². The van der Waals surface area contributed by atoms with Gasteiger partial charge < -0.3 is 9.88 Å². The van der Waals surface area contributed by atoms with Crippen LogP contribution in [-0.4, -0.2) is 36.6 Å². The Balaban J connectivity index is 1.45. The molecule has 0 atom stereocenters. The third kappa shape index (κ3) is 4.52. The summed E-state index contributed by atoms with van der Waals surface area (Å²) in [5.41, 5.74) is 5.92. The van der Waals surface area contributed by atoms with E-state index in [2.05, 4.69) is 46.6 Å². The lowest BCUT2D eigenvalue weighted by Gasteiger charge is -2.09. The number of rotatable bonds is 7. The lowest BCUT2D eigenvalue weighted by atomic mass is 10.1. The Hall–Kier alpha value is -4.26. The Kier molecular flexibility index (Phi) is 5.68. The molecule has 0 spiro atoms. The van der Waals surface area contributed by atoms with Crippen molar-refractivity contribution < 1.29 is 4.79 Å². The minimum Gasteiger partial charge on any atom is -0.351 e. The highest BCUT2D eigenvalue weighted by Gasteiger charge is 2.16. The second-order valence-corrected chi connectivity index (χ2v) is 7.97. The maximum Gasteiger partial charge on any atom is 0.271 e. The van der Waals surface area contributed by atoms with Crippen LogP contribution in [0.2, 0.25) is 0 Å². The molecular weight excluding hydrogens is 412 g/mol. The van der Waals surface area contributed by atoms with E-state index in [1.165, 1.54) is 5.56 Å². The topological polar surface area (TPSA) is 77.1 Å². The number of aryl methyl sites for hydroxylation is 2. The van der Waals surface area contributed by atoms with Crippen LogP contribution in [0, 0.1) is 6.92 Å². The van der Waals surface area contributed by atoms with Crippen molar-refractivity contribution in [2.75, 3.05) is 6.54 Å². The first-order chi connectivity index (χ1) is 16.2. The van der Waals surface area contributed by atoms with Gasteiger partial charge in [-0.3, -0.25) is 4.79 Å². The van der Waals surface area contributed by atoms with Gasteiger partial charge in [0.2, 0.25) is 0 Å². The Morgan fingerprint density at radius 3 is 2.58 bits per heavy atom. The normalized spacial score (nSPS) is 11.1. The fourth-order valence-electron chi connectivity index (χ4n) is 3.75. The summed E-state index contributed by atoms with van der Waals surface area (Å²) in [6.45, 7) is 3.41. The van der Waals surface area contributed by atoms with Crippen LogP contribution in [0.15, 0.2) is 85.5 Å². The summed E-state index contributed by atoms with van der Waals surface area (Å²) in [6.07, 6.45) is 6.23. The van der Waals surface area contributed by atoms with Crippen molar-refractivity contribution in [3.63, 3.8) is 0 Å². The molecule has 5 aromatic rings.